The van der Waals surface area contributed by atoms with E-state index < -0.39 is 0 Å². The Balaban J connectivity index is 1.80. The van der Waals surface area contributed by atoms with Crippen molar-refractivity contribution in [3.8, 4) is 5.75 Å². The van der Waals surface area contributed by atoms with Gasteiger partial charge in [0.15, 0.2) is 6.61 Å². The molecule has 0 fully saturated rings. The third-order valence-electron chi connectivity index (χ3n) is 2.67. The first-order chi connectivity index (χ1) is 9.61. The minimum atomic E-state index is -0.205. The molecule has 7 heteroatoms. The van der Waals surface area contributed by atoms with Crippen LogP contribution in [0.5, 0.6) is 5.75 Å². The average Bonchev–Trinajstić information content (AvgIpc) is 2.85. The van der Waals surface area contributed by atoms with E-state index in [1.807, 2.05) is 6.07 Å². The highest BCUT2D eigenvalue weighted by molar-refractivity contribution is 9.11. The fraction of sp³-hybridized carbons (Fsp3) is 0.0769. The highest BCUT2D eigenvalue weighted by atomic mass is 79.9. The Kier molecular flexibility index (Phi) is 3.45. The lowest BCUT2D eigenvalue weighted by Gasteiger charge is -2.18. The summed E-state index contributed by atoms with van der Waals surface area (Å²) in [5.41, 5.74) is 1.16. The zero-order chi connectivity index (χ0) is 14.1. The third-order valence-corrected chi connectivity index (χ3v) is 4.29. The van der Waals surface area contributed by atoms with E-state index in [1.165, 1.54) is 11.3 Å². The number of benzene rings is 1. The molecule has 2 amide bonds. The molecule has 0 spiro atoms. The number of rotatable bonds is 2. The zero-order valence-corrected chi connectivity index (χ0v) is 12.5. The molecule has 1 aliphatic rings. The number of halogens is 1. The molecule has 0 saturated heterocycles. The van der Waals surface area contributed by atoms with Crippen LogP contribution in [0.4, 0.5) is 11.4 Å². The van der Waals surface area contributed by atoms with Crippen molar-refractivity contribution in [2.75, 3.05) is 17.2 Å². The molecular formula is C13H9BrN2O3S. The maximum absolute atomic E-state index is 12.0. The Morgan fingerprint density at radius 1 is 1.35 bits per heavy atom. The van der Waals surface area contributed by atoms with Crippen LogP contribution in [-0.4, -0.2) is 18.4 Å². The van der Waals surface area contributed by atoms with Gasteiger partial charge in [0.25, 0.3) is 11.8 Å². The van der Waals surface area contributed by atoms with Crippen molar-refractivity contribution < 1.29 is 14.3 Å². The summed E-state index contributed by atoms with van der Waals surface area (Å²) in [6, 6.07) is 8.69. The lowest BCUT2D eigenvalue weighted by atomic mass is 10.2. The van der Waals surface area contributed by atoms with Crippen molar-refractivity contribution in [2.45, 2.75) is 0 Å². The molecule has 2 heterocycles. The van der Waals surface area contributed by atoms with E-state index in [1.54, 1.807) is 24.3 Å². The van der Waals surface area contributed by atoms with Crippen LogP contribution in [0.2, 0.25) is 0 Å². The van der Waals surface area contributed by atoms with E-state index in [0.29, 0.717) is 22.0 Å². The summed E-state index contributed by atoms with van der Waals surface area (Å²) in [5.74, 6) is 0.202. The van der Waals surface area contributed by atoms with Crippen LogP contribution < -0.4 is 15.4 Å². The van der Waals surface area contributed by atoms with Crippen molar-refractivity contribution in [1.29, 1.82) is 0 Å². The monoisotopic (exact) mass is 352 g/mol. The predicted octanol–water partition coefficient (Wildman–Crippen LogP) is 3.09. The molecule has 0 radical (unpaired) electrons. The number of ether oxygens (including phenoxy) is 1. The third kappa shape index (κ3) is 2.68. The molecule has 0 saturated carbocycles. The van der Waals surface area contributed by atoms with Crippen LogP contribution in [-0.2, 0) is 4.79 Å². The smallest absolute Gasteiger partial charge is 0.265 e. The Morgan fingerprint density at radius 3 is 2.95 bits per heavy atom. The van der Waals surface area contributed by atoms with Crippen molar-refractivity contribution in [3.63, 3.8) is 0 Å². The van der Waals surface area contributed by atoms with Gasteiger partial charge in [-0.2, -0.15) is 0 Å². The second-order valence-corrected chi connectivity index (χ2v) is 6.57. The maximum Gasteiger partial charge on any atom is 0.265 e. The van der Waals surface area contributed by atoms with Gasteiger partial charge in [0.1, 0.15) is 5.75 Å². The van der Waals surface area contributed by atoms with Gasteiger partial charge in [0.2, 0.25) is 0 Å². The fourth-order valence-electron chi connectivity index (χ4n) is 1.79. The highest BCUT2D eigenvalue weighted by Crippen LogP contribution is 2.31. The number of hydrogen-bond acceptors (Lipinski definition) is 4. The van der Waals surface area contributed by atoms with Crippen LogP contribution in [0.25, 0.3) is 0 Å². The zero-order valence-electron chi connectivity index (χ0n) is 10.1. The van der Waals surface area contributed by atoms with E-state index in [9.17, 15) is 9.59 Å². The summed E-state index contributed by atoms with van der Waals surface area (Å²) in [4.78, 5) is 23.9. The first-order valence-corrected chi connectivity index (χ1v) is 7.36. The normalized spacial score (nSPS) is 13.2. The summed E-state index contributed by atoms with van der Waals surface area (Å²) in [6.07, 6.45) is 0. The van der Waals surface area contributed by atoms with Gasteiger partial charge in [-0.25, -0.2) is 0 Å². The van der Waals surface area contributed by atoms with Crippen molar-refractivity contribution in [3.05, 3.63) is 39.0 Å². The van der Waals surface area contributed by atoms with Gasteiger partial charge >= 0.3 is 0 Å². The number of thiophene rings is 1. The van der Waals surface area contributed by atoms with Crippen molar-refractivity contribution in [1.82, 2.24) is 0 Å². The number of hydrogen-bond donors (Lipinski definition) is 2. The van der Waals surface area contributed by atoms with E-state index >= 15 is 0 Å². The predicted molar refractivity (Wildman–Crippen MR) is 80.5 cm³/mol. The average molecular weight is 353 g/mol. The highest BCUT2D eigenvalue weighted by Gasteiger charge is 2.17. The summed E-state index contributed by atoms with van der Waals surface area (Å²) >= 11 is 4.67. The Bertz CT molecular complexity index is 699. The molecule has 5 nitrogen and oxygen atoms in total. The maximum atomic E-state index is 12.0. The van der Waals surface area contributed by atoms with Gasteiger partial charge in [-0.15, -0.1) is 11.3 Å². The van der Waals surface area contributed by atoms with E-state index in [0.717, 1.165) is 3.79 Å². The molecule has 1 aromatic heterocycles. The van der Waals surface area contributed by atoms with E-state index in [2.05, 4.69) is 26.6 Å². The van der Waals surface area contributed by atoms with Gasteiger partial charge < -0.3 is 15.4 Å². The molecule has 0 unspecified atom stereocenters. The lowest BCUT2D eigenvalue weighted by Crippen LogP contribution is -2.25. The Morgan fingerprint density at radius 2 is 2.20 bits per heavy atom. The molecule has 102 valence electrons. The molecule has 20 heavy (non-hydrogen) atoms. The fourth-order valence-corrected chi connectivity index (χ4v) is 3.07. The van der Waals surface area contributed by atoms with Crippen LogP contribution in [0.1, 0.15) is 9.67 Å². The van der Waals surface area contributed by atoms with Gasteiger partial charge in [0, 0.05) is 5.69 Å². The molecular weight excluding hydrogens is 344 g/mol. The lowest BCUT2D eigenvalue weighted by molar-refractivity contribution is -0.118. The Labute approximate surface area is 127 Å². The summed E-state index contributed by atoms with van der Waals surface area (Å²) in [5, 5.41) is 5.48. The minimum absolute atomic E-state index is 0.0158. The topological polar surface area (TPSA) is 67.4 Å². The van der Waals surface area contributed by atoms with E-state index in [-0.39, 0.29) is 18.4 Å². The first kappa shape index (κ1) is 13.1. The molecule has 2 aromatic rings. The van der Waals surface area contributed by atoms with Gasteiger partial charge in [-0.1, -0.05) is 0 Å². The van der Waals surface area contributed by atoms with Gasteiger partial charge in [0.05, 0.1) is 14.4 Å². The first-order valence-electron chi connectivity index (χ1n) is 5.75. The molecule has 0 atom stereocenters. The number of anilines is 2. The molecule has 0 aliphatic carbocycles. The van der Waals surface area contributed by atoms with Crippen LogP contribution in [0.3, 0.4) is 0 Å². The molecule has 3 rings (SSSR count). The van der Waals surface area contributed by atoms with Gasteiger partial charge in [-0.3, -0.25) is 9.59 Å². The number of carbonyl (C=O) groups is 2. The van der Waals surface area contributed by atoms with Crippen LogP contribution in [0, 0.1) is 0 Å². The van der Waals surface area contributed by atoms with Crippen molar-refractivity contribution in [2.24, 2.45) is 0 Å². The second-order valence-electron chi connectivity index (χ2n) is 4.11. The van der Waals surface area contributed by atoms with Crippen LogP contribution >= 0.6 is 27.3 Å². The number of nitrogens with one attached hydrogen (secondary N) is 2. The quantitative estimate of drug-likeness (QED) is 0.872. The molecule has 1 aliphatic heterocycles. The second kappa shape index (κ2) is 5.26. The largest absolute Gasteiger partial charge is 0.482 e. The summed E-state index contributed by atoms with van der Waals surface area (Å²) < 4.78 is 6.15. The Hall–Kier alpha value is -1.86. The minimum Gasteiger partial charge on any atom is -0.482 e. The van der Waals surface area contributed by atoms with Gasteiger partial charge in [-0.05, 0) is 46.3 Å². The molecule has 0 bridgehead atoms. The SMILES string of the molecule is O=C1COc2ccc(NC(=O)c3ccc(Br)s3)cc2N1. The molecule has 1 aromatic carbocycles. The number of fused-ring (bicyclic) bond motifs is 1. The molecule has 2 N–H and O–H groups in total. The van der Waals surface area contributed by atoms with Crippen molar-refractivity contribution >= 4 is 50.5 Å². The summed E-state index contributed by atoms with van der Waals surface area (Å²) in [6.45, 7) is 0.0158. The van der Waals surface area contributed by atoms with E-state index in [4.69, 9.17) is 4.74 Å². The number of amides is 2. The summed E-state index contributed by atoms with van der Waals surface area (Å²) in [7, 11) is 0. The van der Waals surface area contributed by atoms with Crippen LogP contribution in [0.15, 0.2) is 34.1 Å². The standard InChI is InChI=1S/C13H9BrN2O3S/c14-11-4-3-10(20-11)13(18)15-7-1-2-9-8(5-7)16-12(17)6-19-9/h1-5H,6H2,(H,15,18)(H,16,17). The number of carbonyl (C=O) groups excluding carboxylic acids is 2.